The summed E-state index contributed by atoms with van der Waals surface area (Å²) in [7, 11) is 2.61. The normalized spacial score (nSPS) is 11.2. The molecule has 0 aliphatic carbocycles. The molecule has 0 aliphatic rings. The maximum absolute atomic E-state index is 14.3. The fourth-order valence-corrected chi connectivity index (χ4v) is 3.24. The lowest BCUT2D eigenvalue weighted by Crippen LogP contribution is -2.19. The van der Waals surface area contributed by atoms with Crippen molar-refractivity contribution in [3.05, 3.63) is 78.1 Å². The van der Waals surface area contributed by atoms with E-state index in [0.717, 1.165) is 6.07 Å². The van der Waals surface area contributed by atoms with E-state index >= 15 is 0 Å². The SMILES string of the molecule is C=CCOc1cc(OCC=C)c(C(=O)c2ccc(OC)c(F)c2)c(C(CC)C(=O)OC)c1. The minimum atomic E-state index is -0.764. The average Bonchev–Trinajstić information content (AvgIpc) is 2.80. The van der Waals surface area contributed by atoms with E-state index in [1.54, 1.807) is 25.1 Å². The molecule has 2 aromatic carbocycles. The molecule has 0 fully saturated rings. The number of carbonyl (C=O) groups is 2. The van der Waals surface area contributed by atoms with Crippen LogP contribution >= 0.6 is 0 Å². The number of ketones is 1. The molecule has 0 spiro atoms. The van der Waals surface area contributed by atoms with E-state index in [9.17, 15) is 14.0 Å². The molecule has 0 bridgehead atoms. The van der Waals surface area contributed by atoms with Crippen molar-refractivity contribution < 1.29 is 32.9 Å². The van der Waals surface area contributed by atoms with E-state index < -0.39 is 23.5 Å². The number of carbonyl (C=O) groups excluding carboxylic acids is 2. The van der Waals surface area contributed by atoms with Crippen LogP contribution in [0, 0.1) is 5.82 Å². The molecule has 0 radical (unpaired) electrons. The van der Waals surface area contributed by atoms with Crippen molar-refractivity contribution in [3.63, 3.8) is 0 Å². The first-order chi connectivity index (χ1) is 15.4. The van der Waals surface area contributed by atoms with Crippen molar-refractivity contribution in [2.24, 2.45) is 0 Å². The predicted octanol–water partition coefficient (Wildman–Crippen LogP) is 4.86. The van der Waals surface area contributed by atoms with Gasteiger partial charge >= 0.3 is 5.97 Å². The quantitative estimate of drug-likeness (QED) is 0.266. The Bertz CT molecular complexity index is 998. The Kier molecular flexibility index (Phi) is 9.01. The summed E-state index contributed by atoms with van der Waals surface area (Å²) in [6.45, 7) is 9.38. The molecule has 0 amide bonds. The van der Waals surface area contributed by atoms with Crippen LogP contribution in [0.25, 0.3) is 0 Å². The zero-order chi connectivity index (χ0) is 23.7. The van der Waals surface area contributed by atoms with Crippen LogP contribution in [-0.4, -0.2) is 39.2 Å². The fourth-order valence-electron chi connectivity index (χ4n) is 3.24. The number of ether oxygens (including phenoxy) is 4. The van der Waals surface area contributed by atoms with Gasteiger partial charge in [-0.3, -0.25) is 9.59 Å². The lowest BCUT2D eigenvalue weighted by Gasteiger charge is -2.21. The minimum Gasteiger partial charge on any atom is -0.494 e. The first-order valence-electron chi connectivity index (χ1n) is 10.0. The smallest absolute Gasteiger partial charge is 0.313 e. The Balaban J connectivity index is 2.75. The molecular weight excluding hydrogens is 415 g/mol. The van der Waals surface area contributed by atoms with Crippen molar-refractivity contribution >= 4 is 11.8 Å². The number of esters is 1. The zero-order valence-corrected chi connectivity index (χ0v) is 18.5. The summed E-state index contributed by atoms with van der Waals surface area (Å²) in [6, 6.07) is 7.05. The van der Waals surface area contributed by atoms with Crippen molar-refractivity contribution in [2.45, 2.75) is 19.3 Å². The summed E-state index contributed by atoms with van der Waals surface area (Å²) in [5.41, 5.74) is 0.563. The molecule has 0 N–H and O–H groups in total. The van der Waals surface area contributed by atoms with Crippen molar-refractivity contribution in [3.8, 4) is 17.2 Å². The summed E-state index contributed by atoms with van der Waals surface area (Å²) >= 11 is 0. The maximum atomic E-state index is 14.3. The molecule has 0 saturated carbocycles. The molecule has 170 valence electrons. The Morgan fingerprint density at radius 2 is 1.72 bits per heavy atom. The van der Waals surface area contributed by atoms with Crippen LogP contribution in [0.3, 0.4) is 0 Å². The molecule has 0 aromatic heterocycles. The van der Waals surface area contributed by atoms with Gasteiger partial charge < -0.3 is 18.9 Å². The third kappa shape index (κ3) is 5.55. The highest BCUT2D eigenvalue weighted by Crippen LogP contribution is 2.37. The van der Waals surface area contributed by atoms with Crippen LogP contribution in [0.4, 0.5) is 4.39 Å². The van der Waals surface area contributed by atoms with E-state index in [4.69, 9.17) is 18.9 Å². The molecule has 6 nitrogen and oxygen atoms in total. The summed E-state index contributed by atoms with van der Waals surface area (Å²) < 4.78 is 35.6. The number of rotatable bonds is 12. The number of methoxy groups -OCH3 is 2. The van der Waals surface area contributed by atoms with Crippen molar-refractivity contribution in [1.29, 1.82) is 0 Å². The standard InChI is InChI=1S/C25H27FO6/c1-6-11-31-17-14-19(18(8-3)25(28)30-5)23(22(15-17)32-12-7-2)24(27)16-9-10-21(29-4)20(26)13-16/h6-7,9-10,13-15,18H,1-2,8,11-12H2,3-5H3. The van der Waals surface area contributed by atoms with Gasteiger partial charge in [-0.2, -0.15) is 0 Å². The minimum absolute atomic E-state index is 0.0130. The van der Waals surface area contributed by atoms with Crippen LogP contribution in [0.1, 0.15) is 40.7 Å². The number of benzene rings is 2. The van der Waals surface area contributed by atoms with E-state index in [0.29, 0.717) is 17.7 Å². The Morgan fingerprint density at radius 1 is 1.03 bits per heavy atom. The summed E-state index contributed by atoms with van der Waals surface area (Å²) in [4.78, 5) is 26.1. The molecular formula is C25H27FO6. The lowest BCUT2D eigenvalue weighted by atomic mass is 9.87. The van der Waals surface area contributed by atoms with Crippen molar-refractivity contribution in [1.82, 2.24) is 0 Å². The predicted molar refractivity (Wildman–Crippen MR) is 119 cm³/mol. The van der Waals surface area contributed by atoms with Gasteiger partial charge in [0.2, 0.25) is 0 Å². The van der Waals surface area contributed by atoms with Gasteiger partial charge in [0, 0.05) is 11.6 Å². The number of halogens is 1. The second-order valence-electron chi connectivity index (χ2n) is 6.75. The first kappa shape index (κ1) is 24.7. The third-order valence-electron chi connectivity index (χ3n) is 4.74. The maximum Gasteiger partial charge on any atom is 0.313 e. The summed E-state index contributed by atoms with van der Waals surface area (Å²) in [6.07, 6.45) is 3.45. The molecule has 1 unspecified atom stereocenters. The molecule has 32 heavy (non-hydrogen) atoms. The van der Waals surface area contributed by atoms with Crippen LogP contribution < -0.4 is 14.2 Å². The number of hydrogen-bond donors (Lipinski definition) is 0. The monoisotopic (exact) mass is 442 g/mol. The van der Waals surface area contributed by atoms with Crippen LogP contribution in [0.15, 0.2) is 55.6 Å². The molecule has 0 aliphatic heterocycles. The van der Waals surface area contributed by atoms with E-state index in [1.165, 1.54) is 32.4 Å². The Hall–Kier alpha value is -3.61. The third-order valence-corrected chi connectivity index (χ3v) is 4.74. The topological polar surface area (TPSA) is 71.1 Å². The van der Waals surface area contributed by atoms with Crippen LogP contribution in [0.2, 0.25) is 0 Å². The van der Waals surface area contributed by atoms with Gasteiger partial charge in [0.25, 0.3) is 0 Å². The van der Waals surface area contributed by atoms with Gasteiger partial charge in [0.15, 0.2) is 17.3 Å². The van der Waals surface area contributed by atoms with Crippen LogP contribution in [0.5, 0.6) is 17.2 Å². The molecule has 7 heteroatoms. The zero-order valence-electron chi connectivity index (χ0n) is 18.5. The summed E-state index contributed by atoms with van der Waals surface area (Å²) in [5.74, 6) is -1.89. The van der Waals surface area contributed by atoms with E-state index in [2.05, 4.69) is 13.2 Å². The van der Waals surface area contributed by atoms with Gasteiger partial charge in [-0.25, -0.2) is 4.39 Å². The highest BCUT2D eigenvalue weighted by atomic mass is 19.1. The average molecular weight is 442 g/mol. The molecule has 0 saturated heterocycles. The van der Waals surface area contributed by atoms with Gasteiger partial charge in [-0.05, 0) is 36.2 Å². The molecule has 2 rings (SSSR count). The van der Waals surface area contributed by atoms with Crippen LogP contribution in [-0.2, 0) is 9.53 Å². The van der Waals surface area contributed by atoms with Gasteiger partial charge in [-0.1, -0.05) is 32.2 Å². The Labute approximate surface area is 187 Å². The lowest BCUT2D eigenvalue weighted by molar-refractivity contribution is -0.142. The first-order valence-corrected chi connectivity index (χ1v) is 10.0. The molecule has 2 aromatic rings. The van der Waals surface area contributed by atoms with E-state index in [1.807, 2.05) is 0 Å². The van der Waals surface area contributed by atoms with Gasteiger partial charge in [-0.15, -0.1) is 0 Å². The summed E-state index contributed by atoms with van der Waals surface area (Å²) in [5, 5.41) is 0. The van der Waals surface area contributed by atoms with Crippen molar-refractivity contribution in [2.75, 3.05) is 27.4 Å². The Morgan fingerprint density at radius 3 is 2.28 bits per heavy atom. The van der Waals surface area contributed by atoms with Gasteiger partial charge in [0.1, 0.15) is 24.7 Å². The fraction of sp³-hybridized carbons (Fsp3) is 0.280. The highest BCUT2D eigenvalue weighted by Gasteiger charge is 2.30. The largest absolute Gasteiger partial charge is 0.494 e. The van der Waals surface area contributed by atoms with E-state index in [-0.39, 0.29) is 35.8 Å². The van der Waals surface area contributed by atoms with Gasteiger partial charge in [0.05, 0.1) is 25.7 Å². The number of hydrogen-bond acceptors (Lipinski definition) is 6. The molecule has 1 atom stereocenters. The highest BCUT2D eigenvalue weighted by molar-refractivity contribution is 6.12. The second-order valence-corrected chi connectivity index (χ2v) is 6.75. The second kappa shape index (κ2) is 11.7. The molecule has 0 heterocycles.